The zero-order valence-electron chi connectivity index (χ0n) is 23.9. The summed E-state index contributed by atoms with van der Waals surface area (Å²) in [6, 6.07) is 9.10. The van der Waals surface area contributed by atoms with Crippen molar-refractivity contribution in [3.63, 3.8) is 0 Å². The number of fused-ring (bicyclic) bond motifs is 2. The molecule has 3 aliphatic rings. The van der Waals surface area contributed by atoms with Gasteiger partial charge in [0, 0.05) is 24.3 Å². The summed E-state index contributed by atoms with van der Waals surface area (Å²) >= 11 is 0. The van der Waals surface area contributed by atoms with Gasteiger partial charge < -0.3 is 19.1 Å². The fourth-order valence-corrected chi connectivity index (χ4v) is 6.73. The van der Waals surface area contributed by atoms with Crippen LogP contribution in [0.15, 0.2) is 42.7 Å². The monoisotopic (exact) mass is 580 g/mol. The third-order valence-electron chi connectivity index (χ3n) is 9.00. The number of alkyl halides is 3. The summed E-state index contributed by atoms with van der Waals surface area (Å²) in [7, 11) is 0. The predicted molar refractivity (Wildman–Crippen MR) is 151 cm³/mol. The molecule has 1 fully saturated rings. The second-order valence-corrected chi connectivity index (χ2v) is 11.3. The van der Waals surface area contributed by atoms with Crippen molar-refractivity contribution in [3.05, 3.63) is 76.4 Å². The molecule has 6 rings (SSSR count). The number of benzene rings is 2. The van der Waals surface area contributed by atoms with Crippen LogP contribution in [-0.2, 0) is 35.2 Å². The van der Waals surface area contributed by atoms with Crippen molar-refractivity contribution in [2.24, 2.45) is 0 Å². The van der Waals surface area contributed by atoms with Crippen LogP contribution in [0.5, 0.6) is 0 Å². The van der Waals surface area contributed by atoms with Crippen molar-refractivity contribution >= 4 is 11.9 Å². The van der Waals surface area contributed by atoms with Crippen molar-refractivity contribution in [1.82, 2.24) is 19.4 Å². The largest absolute Gasteiger partial charge is 0.464 e. The van der Waals surface area contributed by atoms with Gasteiger partial charge in [-0.1, -0.05) is 31.2 Å². The number of halogens is 3. The van der Waals surface area contributed by atoms with Gasteiger partial charge in [0.25, 0.3) is 5.91 Å². The highest BCUT2D eigenvalue weighted by molar-refractivity contribution is 6.02. The molecule has 0 N–H and O–H groups in total. The van der Waals surface area contributed by atoms with Gasteiger partial charge in [0.1, 0.15) is 0 Å². The number of ether oxygens (including phenoxy) is 1. The van der Waals surface area contributed by atoms with Crippen LogP contribution in [0.25, 0.3) is 11.1 Å². The fourth-order valence-electron chi connectivity index (χ4n) is 6.73. The van der Waals surface area contributed by atoms with Crippen molar-refractivity contribution < 1.29 is 27.5 Å². The molecule has 222 valence electrons. The lowest BCUT2D eigenvalue weighted by Gasteiger charge is -2.31. The molecule has 0 spiro atoms. The first-order valence-corrected chi connectivity index (χ1v) is 14.8. The van der Waals surface area contributed by atoms with E-state index in [1.807, 2.05) is 28.8 Å². The summed E-state index contributed by atoms with van der Waals surface area (Å²) in [5.74, 6) is -0.900. The van der Waals surface area contributed by atoms with Crippen LogP contribution in [0, 0.1) is 0 Å². The molecule has 1 unspecified atom stereocenters. The Hall–Kier alpha value is -3.66. The number of piperidine rings is 1. The molecule has 1 amide bonds. The van der Waals surface area contributed by atoms with Gasteiger partial charge in [-0.25, -0.2) is 9.78 Å². The standard InChI is InChI=1S/C32H35F3N4O3/c1-3-37-14-11-22(12-15-37)20-7-9-21(10-8-20)23-16-24-25(26(17-23)32(33,34)35)18-39(30(24)40)29(31(41)42-4-2)28-27-6-5-13-38(27)19-36-28/h7-10,16-17,19,22,29H,3-6,11-15,18H2,1-2H3. The number of nitrogens with zero attached hydrogens (tertiary/aromatic N) is 4. The first-order valence-electron chi connectivity index (χ1n) is 14.8. The highest BCUT2D eigenvalue weighted by Crippen LogP contribution is 2.43. The van der Waals surface area contributed by atoms with Gasteiger partial charge >= 0.3 is 12.1 Å². The quantitative estimate of drug-likeness (QED) is 0.322. The number of aromatic nitrogens is 2. The van der Waals surface area contributed by atoms with Crippen molar-refractivity contribution in [3.8, 4) is 11.1 Å². The minimum absolute atomic E-state index is 0.0407. The molecule has 0 bridgehead atoms. The van der Waals surface area contributed by atoms with E-state index >= 15 is 0 Å². The van der Waals surface area contributed by atoms with E-state index in [0.29, 0.717) is 29.2 Å². The van der Waals surface area contributed by atoms with Gasteiger partial charge in [-0.3, -0.25) is 4.79 Å². The summed E-state index contributed by atoms with van der Waals surface area (Å²) in [6.45, 7) is 7.38. The Morgan fingerprint density at radius 3 is 2.48 bits per heavy atom. The summed E-state index contributed by atoms with van der Waals surface area (Å²) in [5, 5.41) is 0. The molecule has 1 atom stereocenters. The lowest BCUT2D eigenvalue weighted by molar-refractivity contribution is -0.149. The number of amides is 1. The smallest absolute Gasteiger partial charge is 0.416 e. The van der Waals surface area contributed by atoms with Gasteiger partial charge in [-0.05, 0) is 92.5 Å². The van der Waals surface area contributed by atoms with Crippen LogP contribution in [0.3, 0.4) is 0 Å². The second-order valence-electron chi connectivity index (χ2n) is 11.3. The van der Waals surface area contributed by atoms with Crippen molar-refractivity contribution in [1.29, 1.82) is 0 Å². The van der Waals surface area contributed by atoms with E-state index in [1.54, 1.807) is 13.3 Å². The molecule has 1 saturated heterocycles. The minimum Gasteiger partial charge on any atom is -0.464 e. The topological polar surface area (TPSA) is 67.7 Å². The van der Waals surface area contributed by atoms with Gasteiger partial charge in [0.05, 0.1) is 24.2 Å². The fraction of sp³-hybridized carbons (Fsp3) is 0.469. The number of hydrogen-bond acceptors (Lipinski definition) is 5. The summed E-state index contributed by atoms with van der Waals surface area (Å²) < 4.78 is 50.6. The Morgan fingerprint density at radius 1 is 1.07 bits per heavy atom. The van der Waals surface area contributed by atoms with E-state index in [4.69, 9.17) is 4.74 Å². The number of rotatable bonds is 7. The maximum absolute atomic E-state index is 14.5. The molecule has 10 heteroatoms. The maximum Gasteiger partial charge on any atom is 0.416 e. The van der Waals surface area contributed by atoms with E-state index in [-0.39, 0.29) is 24.3 Å². The highest BCUT2D eigenvalue weighted by atomic mass is 19.4. The number of carbonyl (C=O) groups excluding carboxylic acids is 2. The van der Waals surface area contributed by atoms with Gasteiger partial charge in [-0.2, -0.15) is 13.2 Å². The summed E-state index contributed by atoms with van der Waals surface area (Å²) in [4.78, 5) is 35.1. The molecular formula is C32H35F3N4O3. The minimum atomic E-state index is -4.68. The van der Waals surface area contributed by atoms with Crippen LogP contribution in [0.4, 0.5) is 13.2 Å². The molecule has 3 aliphatic heterocycles. The number of esters is 1. The van der Waals surface area contributed by atoms with E-state index in [9.17, 15) is 22.8 Å². The molecule has 42 heavy (non-hydrogen) atoms. The van der Waals surface area contributed by atoms with E-state index in [0.717, 1.165) is 57.2 Å². The lowest BCUT2D eigenvalue weighted by Crippen LogP contribution is -2.36. The van der Waals surface area contributed by atoms with E-state index in [1.165, 1.54) is 16.5 Å². The van der Waals surface area contributed by atoms with Gasteiger partial charge in [0.15, 0.2) is 6.04 Å². The normalized spacial score (nSPS) is 18.3. The molecule has 3 aromatic rings. The SMILES string of the molecule is CCOC(=O)C(c1ncn2c1CCC2)N1Cc2c(cc(-c3ccc(C4CCN(CC)CC4)cc3)cc2C(F)(F)F)C1=O. The Balaban J connectivity index is 1.34. The average Bonchev–Trinajstić information content (AvgIpc) is 3.69. The van der Waals surface area contributed by atoms with Crippen molar-refractivity contribution in [2.45, 2.75) is 70.8 Å². The van der Waals surface area contributed by atoms with E-state index < -0.39 is 29.7 Å². The number of imidazole rings is 1. The van der Waals surface area contributed by atoms with Gasteiger partial charge in [0.2, 0.25) is 0 Å². The van der Waals surface area contributed by atoms with Crippen LogP contribution >= 0.6 is 0 Å². The van der Waals surface area contributed by atoms with Crippen molar-refractivity contribution in [2.75, 3.05) is 26.2 Å². The molecule has 0 saturated carbocycles. The number of likely N-dealkylation sites (tertiary alicyclic amines) is 1. The van der Waals surface area contributed by atoms with Crippen LogP contribution in [-0.4, -0.2) is 57.5 Å². The van der Waals surface area contributed by atoms with Crippen LogP contribution in [0.2, 0.25) is 0 Å². The summed E-state index contributed by atoms with van der Waals surface area (Å²) in [6.07, 6.45) is 0.581. The first-order chi connectivity index (χ1) is 20.2. The Kier molecular flexibility index (Phi) is 7.59. The molecular weight excluding hydrogens is 545 g/mol. The molecule has 0 aliphatic carbocycles. The van der Waals surface area contributed by atoms with Gasteiger partial charge in [-0.15, -0.1) is 0 Å². The first kappa shape index (κ1) is 28.5. The second kappa shape index (κ2) is 11.2. The zero-order chi connectivity index (χ0) is 29.6. The molecule has 7 nitrogen and oxygen atoms in total. The number of hydrogen-bond donors (Lipinski definition) is 0. The Morgan fingerprint density at radius 2 is 1.81 bits per heavy atom. The van der Waals surface area contributed by atoms with Crippen LogP contribution < -0.4 is 0 Å². The number of carbonyl (C=O) groups is 2. The Labute approximate surface area is 243 Å². The molecule has 2 aromatic carbocycles. The summed E-state index contributed by atoms with van der Waals surface area (Å²) in [5.41, 5.74) is 2.27. The average molecular weight is 581 g/mol. The predicted octanol–water partition coefficient (Wildman–Crippen LogP) is 5.97. The highest BCUT2D eigenvalue weighted by Gasteiger charge is 2.45. The number of aryl methyl sites for hydroxylation is 1. The lowest BCUT2D eigenvalue weighted by atomic mass is 9.88. The maximum atomic E-state index is 14.5. The van der Waals surface area contributed by atoms with E-state index in [2.05, 4.69) is 16.8 Å². The molecule has 4 heterocycles. The van der Waals surface area contributed by atoms with Crippen LogP contribution in [0.1, 0.15) is 83.5 Å². The zero-order valence-corrected chi connectivity index (χ0v) is 23.9. The third-order valence-corrected chi connectivity index (χ3v) is 9.00. The third kappa shape index (κ3) is 5.10. The molecule has 1 aromatic heterocycles. The Bertz CT molecular complexity index is 1490. The molecule has 0 radical (unpaired) electrons.